The Morgan fingerprint density at radius 3 is 2.62 bits per heavy atom. The molecule has 0 radical (unpaired) electrons. The molecule has 118 valence electrons. The predicted octanol–water partition coefficient (Wildman–Crippen LogP) is 4.01. The Labute approximate surface area is 143 Å². The van der Waals surface area contributed by atoms with Crippen LogP contribution in [0.15, 0.2) is 65.7 Å². The molecule has 1 fully saturated rings. The Hall–Kier alpha value is -2.79. The number of nitrogens with zero attached hydrogens (tertiary/aromatic N) is 1. The third kappa shape index (κ3) is 2.86. The number of hydrogen-bond acceptors (Lipinski definition) is 3. The number of aromatic nitrogens is 1. The van der Waals surface area contributed by atoms with E-state index in [1.54, 1.807) is 6.08 Å². The second kappa shape index (κ2) is 6.02. The topological polar surface area (TPSA) is 51.1 Å². The number of thioether (sulfide) groups is 1. The highest BCUT2D eigenvalue weighted by Crippen LogP contribution is 2.27. The van der Waals surface area contributed by atoms with Crippen molar-refractivity contribution < 1.29 is 9.59 Å². The van der Waals surface area contributed by atoms with Crippen molar-refractivity contribution in [3.63, 3.8) is 0 Å². The zero-order valence-corrected chi connectivity index (χ0v) is 13.5. The molecule has 0 bridgehead atoms. The van der Waals surface area contributed by atoms with Gasteiger partial charge in [0, 0.05) is 18.3 Å². The quantitative estimate of drug-likeness (QED) is 0.736. The molecule has 3 aromatic rings. The first-order valence-electron chi connectivity index (χ1n) is 7.57. The van der Waals surface area contributed by atoms with Crippen molar-refractivity contribution in [1.82, 2.24) is 9.88 Å². The highest BCUT2D eigenvalue weighted by atomic mass is 32.2. The lowest BCUT2D eigenvalue weighted by atomic mass is 10.1. The van der Waals surface area contributed by atoms with Gasteiger partial charge in [-0.15, -0.1) is 0 Å². The van der Waals surface area contributed by atoms with Crippen LogP contribution in [-0.2, 0) is 11.3 Å². The monoisotopic (exact) mass is 334 g/mol. The number of rotatable bonds is 3. The van der Waals surface area contributed by atoms with Gasteiger partial charge in [0.15, 0.2) is 0 Å². The minimum absolute atomic E-state index is 0.320. The molecule has 0 unspecified atom stereocenters. The number of carbonyl (C=O) groups excluding carboxylic acids is 2. The molecule has 1 aliphatic heterocycles. The summed E-state index contributed by atoms with van der Waals surface area (Å²) in [6.07, 6.45) is 3.82. The summed E-state index contributed by atoms with van der Waals surface area (Å²) in [5.41, 5.74) is 3.24. The summed E-state index contributed by atoms with van der Waals surface area (Å²) in [5.74, 6) is -0.329. The first-order chi connectivity index (χ1) is 11.7. The van der Waals surface area contributed by atoms with Gasteiger partial charge in [-0.1, -0.05) is 42.5 Å². The molecule has 5 heteroatoms. The summed E-state index contributed by atoms with van der Waals surface area (Å²) in [7, 11) is 0. The minimum atomic E-state index is -0.329. The molecule has 0 saturated carbocycles. The summed E-state index contributed by atoms with van der Waals surface area (Å²) in [6.45, 7) is 0.790. The van der Waals surface area contributed by atoms with E-state index in [1.165, 1.54) is 5.56 Å². The van der Waals surface area contributed by atoms with Crippen LogP contribution in [-0.4, -0.2) is 15.7 Å². The molecule has 4 rings (SSSR count). The van der Waals surface area contributed by atoms with Crippen LogP contribution in [0.5, 0.6) is 0 Å². The van der Waals surface area contributed by atoms with Crippen LogP contribution >= 0.6 is 11.8 Å². The van der Waals surface area contributed by atoms with Crippen LogP contribution in [0.3, 0.4) is 0 Å². The SMILES string of the molecule is O=C1NC(=O)C(=Cc2ccc3ccn(Cc4ccccc4)c3c2)S1. The van der Waals surface area contributed by atoms with Crippen LogP contribution in [0.1, 0.15) is 11.1 Å². The molecular weight excluding hydrogens is 320 g/mol. The normalized spacial score (nSPS) is 16.1. The standard InChI is InChI=1S/C19H14N2O2S/c22-18-17(24-19(23)20-18)11-14-6-7-15-8-9-21(16(15)10-14)12-13-4-2-1-3-5-13/h1-11H,12H2,(H,20,22,23). The molecule has 1 aliphatic rings. The first kappa shape index (κ1) is 14.8. The number of hydrogen-bond donors (Lipinski definition) is 1. The molecule has 1 N–H and O–H groups in total. The van der Waals surface area contributed by atoms with Gasteiger partial charge < -0.3 is 4.57 Å². The number of nitrogens with one attached hydrogen (secondary N) is 1. The third-order valence-corrected chi connectivity index (χ3v) is 4.74. The van der Waals surface area contributed by atoms with Gasteiger partial charge in [-0.3, -0.25) is 14.9 Å². The Morgan fingerprint density at radius 2 is 1.88 bits per heavy atom. The molecule has 4 nitrogen and oxygen atoms in total. The van der Waals surface area contributed by atoms with Crippen molar-refractivity contribution in [2.75, 3.05) is 0 Å². The van der Waals surface area contributed by atoms with E-state index in [-0.39, 0.29) is 11.1 Å². The van der Waals surface area contributed by atoms with E-state index in [0.29, 0.717) is 4.91 Å². The smallest absolute Gasteiger partial charge is 0.290 e. The summed E-state index contributed by atoms with van der Waals surface area (Å²) in [6, 6.07) is 18.4. The summed E-state index contributed by atoms with van der Waals surface area (Å²) < 4.78 is 2.18. The highest BCUT2D eigenvalue weighted by Gasteiger charge is 2.24. The highest BCUT2D eigenvalue weighted by molar-refractivity contribution is 8.18. The third-order valence-electron chi connectivity index (χ3n) is 3.93. The van der Waals surface area contributed by atoms with Crippen molar-refractivity contribution in [3.8, 4) is 0 Å². The number of amides is 2. The average Bonchev–Trinajstić information content (AvgIpc) is 3.11. The van der Waals surface area contributed by atoms with Crippen LogP contribution in [0.4, 0.5) is 4.79 Å². The molecule has 0 atom stereocenters. The van der Waals surface area contributed by atoms with Crippen molar-refractivity contribution in [2.45, 2.75) is 6.54 Å². The minimum Gasteiger partial charge on any atom is -0.343 e. The molecule has 2 aromatic carbocycles. The van der Waals surface area contributed by atoms with Crippen molar-refractivity contribution in [2.24, 2.45) is 0 Å². The lowest BCUT2D eigenvalue weighted by molar-refractivity contribution is -0.115. The first-order valence-corrected chi connectivity index (χ1v) is 8.38. The number of benzene rings is 2. The van der Waals surface area contributed by atoms with Gasteiger partial charge in [-0.2, -0.15) is 0 Å². The van der Waals surface area contributed by atoms with Gasteiger partial charge in [0.2, 0.25) is 0 Å². The van der Waals surface area contributed by atoms with Crippen LogP contribution in [0.25, 0.3) is 17.0 Å². The van der Waals surface area contributed by atoms with Gasteiger partial charge in [0.25, 0.3) is 11.1 Å². The molecule has 0 spiro atoms. The lowest BCUT2D eigenvalue weighted by Crippen LogP contribution is -2.17. The van der Waals surface area contributed by atoms with Gasteiger partial charge in [-0.05, 0) is 46.5 Å². The second-order valence-corrected chi connectivity index (χ2v) is 6.61. The van der Waals surface area contributed by atoms with E-state index >= 15 is 0 Å². The van der Waals surface area contributed by atoms with Gasteiger partial charge in [-0.25, -0.2) is 0 Å². The van der Waals surface area contributed by atoms with Crippen LogP contribution in [0.2, 0.25) is 0 Å². The average molecular weight is 334 g/mol. The fourth-order valence-electron chi connectivity index (χ4n) is 2.78. The maximum atomic E-state index is 11.7. The second-order valence-electron chi connectivity index (χ2n) is 5.60. The zero-order chi connectivity index (χ0) is 16.5. The van der Waals surface area contributed by atoms with E-state index in [0.717, 1.165) is 34.8 Å². The number of carbonyl (C=O) groups is 2. The van der Waals surface area contributed by atoms with Crippen LogP contribution in [0, 0.1) is 0 Å². The summed E-state index contributed by atoms with van der Waals surface area (Å²) >= 11 is 0.937. The van der Waals surface area contributed by atoms with E-state index in [1.807, 2.05) is 36.4 Å². The molecule has 1 aromatic heterocycles. The maximum absolute atomic E-state index is 11.7. The summed E-state index contributed by atoms with van der Waals surface area (Å²) in [4.78, 5) is 23.4. The molecule has 0 aliphatic carbocycles. The van der Waals surface area contributed by atoms with Gasteiger partial charge >= 0.3 is 0 Å². The van der Waals surface area contributed by atoms with Gasteiger partial charge in [0.05, 0.1) is 4.91 Å². The van der Waals surface area contributed by atoms with Crippen molar-refractivity contribution in [3.05, 3.63) is 76.8 Å². The predicted molar refractivity (Wildman–Crippen MR) is 96.6 cm³/mol. The Kier molecular flexibility index (Phi) is 3.70. The van der Waals surface area contributed by atoms with E-state index in [2.05, 4.69) is 34.3 Å². The van der Waals surface area contributed by atoms with Gasteiger partial charge in [0.1, 0.15) is 0 Å². The molecule has 24 heavy (non-hydrogen) atoms. The van der Waals surface area contributed by atoms with Crippen molar-refractivity contribution >= 4 is 39.9 Å². The van der Waals surface area contributed by atoms with E-state index < -0.39 is 0 Å². The number of fused-ring (bicyclic) bond motifs is 1. The fraction of sp³-hybridized carbons (Fsp3) is 0.0526. The van der Waals surface area contributed by atoms with E-state index in [9.17, 15) is 9.59 Å². The Morgan fingerprint density at radius 1 is 1.04 bits per heavy atom. The van der Waals surface area contributed by atoms with E-state index in [4.69, 9.17) is 0 Å². The number of imide groups is 1. The van der Waals surface area contributed by atoms with Crippen molar-refractivity contribution in [1.29, 1.82) is 0 Å². The molecule has 1 saturated heterocycles. The zero-order valence-electron chi connectivity index (χ0n) is 12.7. The Bertz CT molecular complexity index is 973. The summed E-state index contributed by atoms with van der Waals surface area (Å²) in [5, 5.41) is 3.10. The Balaban J connectivity index is 1.70. The lowest BCUT2D eigenvalue weighted by Gasteiger charge is -2.06. The van der Waals surface area contributed by atoms with Crippen LogP contribution < -0.4 is 5.32 Å². The molecule has 2 heterocycles. The largest absolute Gasteiger partial charge is 0.343 e. The molecule has 2 amide bonds. The fourth-order valence-corrected chi connectivity index (χ4v) is 3.46. The molecular formula is C19H14N2O2S. The maximum Gasteiger partial charge on any atom is 0.290 e.